The van der Waals surface area contributed by atoms with Crippen LogP contribution < -0.4 is 4.74 Å². The van der Waals surface area contributed by atoms with Crippen LogP contribution in [0.1, 0.15) is 60.9 Å². The lowest BCUT2D eigenvalue weighted by Crippen LogP contribution is -2.50. The van der Waals surface area contributed by atoms with Crippen molar-refractivity contribution in [1.82, 2.24) is 14.7 Å². The van der Waals surface area contributed by atoms with Crippen LogP contribution in [0.5, 0.6) is 5.75 Å². The third-order valence-electron chi connectivity index (χ3n) is 9.25. The van der Waals surface area contributed by atoms with E-state index in [0.717, 1.165) is 23.4 Å². The third-order valence-corrected chi connectivity index (χ3v) is 9.86. The molecule has 2 aromatic carbocycles. The normalized spacial score (nSPS) is 17.6. The molecule has 1 N–H and O–H groups in total. The number of carboxylic acid groups (broad SMARTS) is 1. The molecule has 2 saturated carbocycles. The number of ether oxygens (including phenoxy) is 4. The zero-order valence-corrected chi connectivity index (χ0v) is 31.4. The molecule has 2 aliphatic carbocycles. The van der Waals surface area contributed by atoms with Gasteiger partial charge in [-0.1, -0.05) is 29.3 Å². The standard InChI is InChI=1S/C35H26Cl2F10N4O9/c36-21-5-4-17(18-13-49-51(14-18)28-22(37)11-19(12-25(28)60-35(45,46)47)32(38,33(39,40)41)34(42,43)44)10-20(21)29(55)50(31(15-48)8-9-31)16-57-30(56)59-24-3-1-2-23(24)58-27(54)7-6-26(52)53/h4-5,10-14,23-24H,1-3,6-9,16H2,(H,52,53)/t23-,24-/m0/s1. The number of rotatable bonds is 13. The summed E-state index contributed by atoms with van der Waals surface area (Å²) in [6, 6.07) is 4.85. The molecule has 60 heavy (non-hydrogen) atoms. The molecule has 1 aromatic heterocycles. The average Bonchev–Trinajstić information content (AvgIpc) is 3.56. The quantitative estimate of drug-likeness (QED) is 0.0987. The molecule has 1 heterocycles. The van der Waals surface area contributed by atoms with E-state index in [-0.39, 0.29) is 53.5 Å². The summed E-state index contributed by atoms with van der Waals surface area (Å²) in [6.07, 6.45) is -20.2. The van der Waals surface area contributed by atoms with E-state index in [1.165, 1.54) is 12.1 Å². The number of alkyl halides is 10. The summed E-state index contributed by atoms with van der Waals surface area (Å²) in [5, 5.41) is 21.0. The predicted octanol–water partition coefficient (Wildman–Crippen LogP) is 8.97. The highest BCUT2D eigenvalue weighted by Gasteiger charge is 2.73. The van der Waals surface area contributed by atoms with Gasteiger partial charge in [-0.25, -0.2) is 13.9 Å². The van der Waals surface area contributed by atoms with Crippen LogP contribution in [0.4, 0.5) is 48.7 Å². The second kappa shape index (κ2) is 16.9. The zero-order chi connectivity index (χ0) is 44.6. The zero-order valence-electron chi connectivity index (χ0n) is 29.9. The summed E-state index contributed by atoms with van der Waals surface area (Å²) < 4.78 is 156. The van der Waals surface area contributed by atoms with Crippen LogP contribution in [-0.4, -0.2) is 87.0 Å². The first-order valence-corrected chi connectivity index (χ1v) is 17.8. The molecule has 0 saturated heterocycles. The molecule has 1 amide bonds. The number of aromatic nitrogens is 2. The minimum atomic E-state index is -6.71. The summed E-state index contributed by atoms with van der Waals surface area (Å²) in [6.45, 7) is -0.862. The average molecular weight is 907 g/mol. The summed E-state index contributed by atoms with van der Waals surface area (Å²) >= 11 is 12.2. The van der Waals surface area contributed by atoms with Crippen LogP contribution in [0, 0.1) is 11.3 Å². The second-order valence-electron chi connectivity index (χ2n) is 13.3. The fraction of sp³-hybridized carbons (Fsp3) is 0.429. The molecule has 0 spiro atoms. The molecule has 2 aliphatic rings. The Bertz CT molecular complexity index is 2190. The fourth-order valence-corrected chi connectivity index (χ4v) is 6.60. The van der Waals surface area contributed by atoms with Gasteiger partial charge < -0.3 is 24.1 Å². The van der Waals surface area contributed by atoms with Gasteiger partial charge in [0.2, 0.25) is 0 Å². The van der Waals surface area contributed by atoms with E-state index < -0.39 is 114 Å². The first kappa shape index (κ1) is 45.6. The predicted molar refractivity (Wildman–Crippen MR) is 181 cm³/mol. The molecule has 0 unspecified atom stereocenters. The molecule has 2 fully saturated rings. The Morgan fingerprint density at radius 1 is 0.900 bits per heavy atom. The van der Waals surface area contributed by atoms with Crippen molar-refractivity contribution < 1.29 is 87.1 Å². The maximum absolute atomic E-state index is 14.9. The Kier molecular flexibility index (Phi) is 12.8. The van der Waals surface area contributed by atoms with Crippen LogP contribution in [0.15, 0.2) is 42.7 Å². The number of halogens is 12. The monoisotopic (exact) mass is 906 g/mol. The van der Waals surface area contributed by atoms with Gasteiger partial charge in [-0.05, 0) is 61.9 Å². The van der Waals surface area contributed by atoms with E-state index in [1.54, 1.807) is 0 Å². The number of carbonyl (C=O) groups is 4. The first-order valence-electron chi connectivity index (χ1n) is 17.0. The lowest BCUT2D eigenvalue weighted by atomic mass is 9.93. The number of carbonyl (C=O) groups excluding carboxylic acids is 3. The van der Waals surface area contributed by atoms with Crippen LogP contribution in [-0.2, 0) is 29.5 Å². The van der Waals surface area contributed by atoms with Crippen molar-refractivity contribution in [3.05, 3.63) is 63.9 Å². The van der Waals surface area contributed by atoms with E-state index in [1.807, 2.05) is 6.07 Å². The number of benzene rings is 2. The highest BCUT2D eigenvalue weighted by molar-refractivity contribution is 6.34. The number of hydrogen-bond donors (Lipinski definition) is 1. The van der Waals surface area contributed by atoms with Gasteiger partial charge in [0, 0.05) is 17.3 Å². The van der Waals surface area contributed by atoms with Gasteiger partial charge in [0.1, 0.15) is 23.4 Å². The van der Waals surface area contributed by atoms with Gasteiger partial charge in [-0.3, -0.25) is 19.3 Å². The second-order valence-corrected chi connectivity index (χ2v) is 14.1. The topological polar surface area (TPSA) is 170 Å². The molecule has 3 aromatic rings. The van der Waals surface area contributed by atoms with E-state index in [0.29, 0.717) is 11.1 Å². The highest BCUT2D eigenvalue weighted by atomic mass is 35.5. The Balaban J connectivity index is 1.40. The number of esters is 1. The third kappa shape index (κ3) is 9.75. The van der Waals surface area contributed by atoms with Crippen LogP contribution >= 0.6 is 23.2 Å². The maximum atomic E-state index is 14.9. The molecular weight excluding hydrogens is 881 g/mol. The number of hydrogen-bond acceptors (Lipinski definition) is 10. The number of nitrogens with zero attached hydrogens (tertiary/aromatic N) is 4. The van der Waals surface area contributed by atoms with Crippen molar-refractivity contribution in [2.75, 3.05) is 6.73 Å². The Labute approximate surface area is 340 Å². The van der Waals surface area contributed by atoms with E-state index in [9.17, 15) is 68.3 Å². The lowest BCUT2D eigenvalue weighted by molar-refractivity contribution is -0.348. The smallest absolute Gasteiger partial charge is 0.481 e. The molecule has 13 nitrogen and oxygen atoms in total. The Hall–Kier alpha value is -5.50. The van der Waals surface area contributed by atoms with Crippen molar-refractivity contribution in [2.24, 2.45) is 0 Å². The van der Waals surface area contributed by atoms with E-state index >= 15 is 0 Å². The van der Waals surface area contributed by atoms with E-state index in [2.05, 4.69) is 9.84 Å². The first-order chi connectivity index (χ1) is 27.8. The molecule has 0 bridgehead atoms. The molecule has 324 valence electrons. The summed E-state index contributed by atoms with van der Waals surface area (Å²) in [7, 11) is 0. The van der Waals surface area contributed by atoms with Gasteiger partial charge in [0.05, 0.1) is 40.7 Å². The summed E-state index contributed by atoms with van der Waals surface area (Å²) in [5.74, 6) is -4.84. The number of carboxylic acids is 1. The maximum Gasteiger partial charge on any atom is 0.573 e. The van der Waals surface area contributed by atoms with Gasteiger partial charge >= 0.3 is 42.5 Å². The molecule has 5 rings (SSSR count). The molecule has 25 heteroatoms. The number of aliphatic carboxylic acids is 1. The number of nitriles is 1. The summed E-state index contributed by atoms with van der Waals surface area (Å²) in [4.78, 5) is 50.3. The minimum absolute atomic E-state index is 0.0178. The fourth-order valence-electron chi connectivity index (χ4n) is 6.10. The van der Waals surface area contributed by atoms with Crippen molar-refractivity contribution in [3.63, 3.8) is 0 Å². The van der Waals surface area contributed by atoms with Crippen molar-refractivity contribution in [2.45, 2.75) is 87.1 Å². The molecule has 2 atom stereocenters. The van der Waals surface area contributed by atoms with Gasteiger partial charge in [-0.2, -0.15) is 36.7 Å². The van der Waals surface area contributed by atoms with Crippen LogP contribution in [0.3, 0.4) is 0 Å². The van der Waals surface area contributed by atoms with Crippen molar-refractivity contribution >= 4 is 47.2 Å². The molecule has 0 aliphatic heterocycles. The number of amides is 1. The molecule has 0 radical (unpaired) electrons. The molecular formula is C35H26Cl2F10N4O9. The lowest BCUT2D eigenvalue weighted by Gasteiger charge is -2.31. The van der Waals surface area contributed by atoms with Crippen LogP contribution in [0.2, 0.25) is 10.0 Å². The van der Waals surface area contributed by atoms with Crippen molar-refractivity contribution in [1.29, 1.82) is 5.26 Å². The highest BCUT2D eigenvalue weighted by Crippen LogP contribution is 2.55. The van der Waals surface area contributed by atoms with Gasteiger partial charge in [-0.15, -0.1) is 13.2 Å². The largest absolute Gasteiger partial charge is 0.573 e. The van der Waals surface area contributed by atoms with Crippen LogP contribution in [0.25, 0.3) is 16.8 Å². The van der Waals surface area contributed by atoms with Gasteiger partial charge in [0.25, 0.3) is 5.91 Å². The Morgan fingerprint density at radius 2 is 1.53 bits per heavy atom. The SMILES string of the molecule is N#CC1(N(COC(=O)O[C@H]2CCC[C@@H]2OC(=O)CCC(=O)O)C(=O)c2cc(-c3cnn(-c4c(Cl)cc(C(F)(C(F)(F)F)C(F)(F)F)cc4OC(F)(F)F)c3)ccc2Cl)CC1. The minimum Gasteiger partial charge on any atom is -0.481 e. The van der Waals surface area contributed by atoms with Crippen molar-refractivity contribution in [3.8, 4) is 28.6 Å². The summed E-state index contributed by atoms with van der Waals surface area (Å²) in [5.41, 5.74) is -11.5. The van der Waals surface area contributed by atoms with E-state index in [4.69, 9.17) is 42.5 Å². The van der Waals surface area contributed by atoms with Gasteiger partial charge in [0.15, 0.2) is 12.5 Å². The Morgan fingerprint density at radius 3 is 2.10 bits per heavy atom.